The van der Waals surface area contributed by atoms with Gasteiger partial charge in [0.15, 0.2) is 5.78 Å². The average molecular weight is 336 g/mol. The topological polar surface area (TPSA) is 67.3 Å². The Labute approximate surface area is 136 Å². The van der Waals surface area contributed by atoms with Crippen molar-refractivity contribution in [3.8, 4) is 0 Å². The molecule has 0 saturated carbocycles. The Morgan fingerprint density at radius 1 is 1.23 bits per heavy atom. The molecule has 3 rings (SSSR count). The molecular formula is C16H11Cl2NO3. The lowest BCUT2D eigenvalue weighted by atomic mass is 9.89. The Morgan fingerprint density at radius 3 is 2.73 bits per heavy atom. The van der Waals surface area contributed by atoms with E-state index in [9.17, 15) is 14.7 Å². The predicted molar refractivity (Wildman–Crippen MR) is 84.6 cm³/mol. The van der Waals surface area contributed by atoms with Crippen LogP contribution in [-0.4, -0.2) is 21.7 Å². The number of Topliss-reactive ketones (excluding diaryl/α,β-unsaturated/α-hetero) is 2. The normalized spacial score (nSPS) is 15.5. The van der Waals surface area contributed by atoms with E-state index in [2.05, 4.69) is 4.98 Å². The van der Waals surface area contributed by atoms with Crippen molar-refractivity contribution in [1.82, 2.24) is 4.98 Å². The molecule has 1 aromatic heterocycles. The zero-order chi connectivity index (χ0) is 15.9. The van der Waals surface area contributed by atoms with Gasteiger partial charge in [-0.15, -0.1) is 0 Å². The second-order valence-electron chi connectivity index (χ2n) is 5.08. The van der Waals surface area contributed by atoms with Crippen molar-refractivity contribution < 1.29 is 14.7 Å². The molecular weight excluding hydrogens is 325 g/mol. The third-order valence-corrected chi connectivity index (χ3v) is 4.13. The highest BCUT2D eigenvalue weighted by molar-refractivity contribution is 6.40. The first-order chi connectivity index (χ1) is 10.5. The number of rotatable bonds is 2. The van der Waals surface area contributed by atoms with E-state index in [1.807, 2.05) is 0 Å². The van der Waals surface area contributed by atoms with Crippen LogP contribution in [-0.2, 0) is 4.79 Å². The van der Waals surface area contributed by atoms with Gasteiger partial charge in [0.1, 0.15) is 11.3 Å². The molecule has 0 saturated heterocycles. The summed E-state index contributed by atoms with van der Waals surface area (Å²) in [6, 6.07) is 4.91. The number of ketones is 2. The van der Waals surface area contributed by atoms with Crippen molar-refractivity contribution in [1.29, 1.82) is 0 Å². The quantitative estimate of drug-likeness (QED) is 0.656. The molecule has 1 aromatic carbocycles. The molecule has 1 heterocycles. The summed E-state index contributed by atoms with van der Waals surface area (Å²) >= 11 is 12.0. The molecule has 112 valence electrons. The van der Waals surface area contributed by atoms with Gasteiger partial charge in [0, 0.05) is 24.4 Å². The summed E-state index contributed by atoms with van der Waals surface area (Å²) in [5.74, 6) is -1.13. The lowest BCUT2D eigenvalue weighted by Gasteiger charge is -2.15. The number of aromatic nitrogens is 1. The minimum absolute atomic E-state index is 0.118. The minimum atomic E-state index is -0.590. The lowest BCUT2D eigenvalue weighted by molar-refractivity contribution is -0.115. The summed E-state index contributed by atoms with van der Waals surface area (Å²) < 4.78 is 0. The fraction of sp³-hybridized carbons (Fsp3) is 0.188. The highest BCUT2D eigenvalue weighted by Gasteiger charge is 2.30. The van der Waals surface area contributed by atoms with Crippen LogP contribution < -0.4 is 0 Å². The molecule has 2 aromatic rings. The van der Waals surface area contributed by atoms with E-state index in [1.165, 1.54) is 6.20 Å². The SMILES string of the molecule is O=C1CCCC(O)=C1C(=O)c1c(Cl)ccc2cc(Cl)cnc12. The van der Waals surface area contributed by atoms with Crippen LogP contribution in [0.15, 0.2) is 35.7 Å². The molecule has 22 heavy (non-hydrogen) atoms. The number of benzene rings is 1. The van der Waals surface area contributed by atoms with Crippen LogP contribution in [0.1, 0.15) is 29.6 Å². The Hall–Kier alpha value is -1.91. The number of aliphatic hydroxyl groups excluding tert-OH is 1. The largest absolute Gasteiger partial charge is 0.511 e. The monoisotopic (exact) mass is 335 g/mol. The highest BCUT2D eigenvalue weighted by atomic mass is 35.5. The van der Waals surface area contributed by atoms with E-state index < -0.39 is 5.78 Å². The number of pyridine rings is 1. The molecule has 0 bridgehead atoms. The molecule has 0 amide bonds. The highest BCUT2D eigenvalue weighted by Crippen LogP contribution is 2.31. The third kappa shape index (κ3) is 2.49. The van der Waals surface area contributed by atoms with Gasteiger partial charge >= 0.3 is 0 Å². The number of hydrogen-bond donors (Lipinski definition) is 1. The van der Waals surface area contributed by atoms with Crippen LogP contribution in [0.3, 0.4) is 0 Å². The molecule has 1 N–H and O–H groups in total. The number of allylic oxidation sites excluding steroid dienone is 2. The molecule has 1 aliphatic rings. The van der Waals surface area contributed by atoms with Crippen LogP contribution in [0, 0.1) is 0 Å². The molecule has 0 radical (unpaired) electrons. The van der Waals surface area contributed by atoms with Crippen molar-refractivity contribution in [3.05, 3.63) is 51.3 Å². The summed E-state index contributed by atoms with van der Waals surface area (Å²) in [6.45, 7) is 0. The third-order valence-electron chi connectivity index (χ3n) is 3.61. The molecule has 6 heteroatoms. The molecule has 4 nitrogen and oxygen atoms in total. The van der Waals surface area contributed by atoms with Crippen LogP contribution in [0.5, 0.6) is 0 Å². The van der Waals surface area contributed by atoms with Gasteiger partial charge in [0.25, 0.3) is 0 Å². The van der Waals surface area contributed by atoms with Gasteiger partial charge in [0.05, 0.1) is 21.1 Å². The van der Waals surface area contributed by atoms with Crippen LogP contribution in [0.2, 0.25) is 10.0 Å². The summed E-state index contributed by atoms with van der Waals surface area (Å²) in [5, 5.41) is 11.2. The van der Waals surface area contributed by atoms with E-state index >= 15 is 0 Å². The standard InChI is InChI=1S/C16H11Cl2NO3/c17-9-6-8-4-5-10(18)13(15(8)19-7-9)16(22)14-11(20)2-1-3-12(14)21/h4-7,20H,1-3H2. The van der Waals surface area contributed by atoms with Crippen molar-refractivity contribution in [2.45, 2.75) is 19.3 Å². The van der Waals surface area contributed by atoms with E-state index in [4.69, 9.17) is 23.2 Å². The van der Waals surface area contributed by atoms with Crippen LogP contribution in [0.4, 0.5) is 0 Å². The second kappa shape index (κ2) is 5.71. The van der Waals surface area contributed by atoms with E-state index in [0.717, 1.165) is 0 Å². The number of carbonyl (C=O) groups is 2. The minimum Gasteiger partial charge on any atom is -0.511 e. The van der Waals surface area contributed by atoms with Gasteiger partial charge in [-0.3, -0.25) is 14.6 Å². The molecule has 0 fully saturated rings. The van der Waals surface area contributed by atoms with Crippen molar-refractivity contribution >= 4 is 45.7 Å². The zero-order valence-corrected chi connectivity index (χ0v) is 12.9. The Bertz CT molecular complexity index is 843. The Kier molecular flexibility index (Phi) is 3.89. The van der Waals surface area contributed by atoms with Crippen LogP contribution >= 0.6 is 23.2 Å². The molecule has 0 aliphatic heterocycles. The Balaban J connectivity index is 2.23. The lowest BCUT2D eigenvalue weighted by Crippen LogP contribution is -2.20. The van der Waals surface area contributed by atoms with Gasteiger partial charge in [-0.05, 0) is 18.6 Å². The molecule has 0 atom stereocenters. The van der Waals surface area contributed by atoms with Gasteiger partial charge in [-0.2, -0.15) is 0 Å². The van der Waals surface area contributed by atoms with Crippen molar-refractivity contribution in [3.63, 3.8) is 0 Å². The maximum atomic E-state index is 12.7. The smallest absolute Gasteiger partial charge is 0.203 e. The number of hydrogen-bond acceptors (Lipinski definition) is 4. The predicted octanol–water partition coefficient (Wildman–Crippen LogP) is 4.29. The van der Waals surface area contributed by atoms with Gasteiger partial charge in [-0.25, -0.2) is 0 Å². The van der Waals surface area contributed by atoms with E-state index in [-0.39, 0.29) is 34.1 Å². The van der Waals surface area contributed by atoms with Crippen LogP contribution in [0.25, 0.3) is 10.9 Å². The molecule has 0 spiro atoms. The number of carbonyl (C=O) groups excluding carboxylic acids is 2. The first kappa shape index (κ1) is 15.0. The zero-order valence-electron chi connectivity index (χ0n) is 11.4. The summed E-state index contributed by atoms with van der Waals surface area (Å²) in [7, 11) is 0. The van der Waals surface area contributed by atoms with Crippen molar-refractivity contribution in [2.75, 3.05) is 0 Å². The second-order valence-corrected chi connectivity index (χ2v) is 5.92. The van der Waals surface area contributed by atoms with E-state index in [1.54, 1.807) is 18.2 Å². The Morgan fingerprint density at radius 2 is 2.00 bits per heavy atom. The summed E-state index contributed by atoms with van der Waals surface area (Å²) in [5.41, 5.74) is 0.297. The fourth-order valence-electron chi connectivity index (χ4n) is 2.58. The molecule has 1 aliphatic carbocycles. The number of aliphatic hydroxyl groups is 1. The number of fused-ring (bicyclic) bond motifs is 1. The summed E-state index contributed by atoms with van der Waals surface area (Å²) in [4.78, 5) is 28.9. The maximum Gasteiger partial charge on any atom is 0.203 e. The van der Waals surface area contributed by atoms with E-state index in [0.29, 0.717) is 28.8 Å². The number of halogens is 2. The van der Waals surface area contributed by atoms with Gasteiger partial charge < -0.3 is 5.11 Å². The average Bonchev–Trinajstić information content (AvgIpc) is 2.47. The molecule has 0 unspecified atom stereocenters. The van der Waals surface area contributed by atoms with Crippen molar-refractivity contribution in [2.24, 2.45) is 0 Å². The fourth-order valence-corrected chi connectivity index (χ4v) is 2.98. The van der Waals surface area contributed by atoms with Gasteiger partial charge in [0.2, 0.25) is 5.78 Å². The number of nitrogens with zero attached hydrogens (tertiary/aromatic N) is 1. The maximum absolute atomic E-state index is 12.7. The first-order valence-corrected chi connectivity index (χ1v) is 7.48. The summed E-state index contributed by atoms with van der Waals surface area (Å²) in [6.07, 6.45) is 2.51. The van der Waals surface area contributed by atoms with Gasteiger partial charge in [-0.1, -0.05) is 29.3 Å². The first-order valence-electron chi connectivity index (χ1n) is 6.73.